The van der Waals surface area contributed by atoms with Crippen LogP contribution in [0, 0.1) is 61.2 Å². The summed E-state index contributed by atoms with van der Waals surface area (Å²) in [6.45, 7) is 3.64. The Morgan fingerprint density at radius 3 is 0.955 bits per heavy atom. The first-order valence-corrected chi connectivity index (χ1v) is 3.24. The average Bonchev–Trinajstić information content (AvgIpc) is 2.89. The van der Waals surface area contributed by atoms with Crippen LogP contribution in [0.3, 0.4) is 0 Å². The van der Waals surface area contributed by atoms with Crippen molar-refractivity contribution >= 4 is 39.3 Å². The van der Waals surface area contributed by atoms with E-state index in [4.69, 9.17) is 31.3 Å². The molecule has 0 N–H and O–H groups in total. The molecule has 0 bridgehead atoms. The van der Waals surface area contributed by atoms with Crippen molar-refractivity contribution in [2.45, 2.75) is 65.8 Å². The molecule has 0 heterocycles. The van der Waals surface area contributed by atoms with E-state index in [1.54, 1.807) is 0 Å². The fourth-order valence-electron chi connectivity index (χ4n) is 0.0722. The van der Waals surface area contributed by atoms with Gasteiger partial charge in [0.1, 0.15) is 0.594 Å². The molecule has 0 aromatic carbocycles. The average molecular weight is 441 g/mol. The van der Waals surface area contributed by atoms with Crippen molar-refractivity contribution in [1.82, 2.24) is 0 Å². The van der Waals surface area contributed by atoms with Crippen LogP contribution < -0.4 is 0 Å². The monoisotopic (exact) mass is 441 g/mol. The Hall–Kier alpha value is -1.34. The summed E-state index contributed by atoms with van der Waals surface area (Å²) >= 11 is 1.40. The lowest BCUT2D eigenvalue weighted by atomic mass is 9.81. The Balaban J connectivity index is -0.00000000576. The van der Waals surface area contributed by atoms with E-state index in [9.17, 15) is 0 Å². The fraction of sp³-hybridized carbons (Fsp3) is 0.474. The van der Waals surface area contributed by atoms with Crippen LogP contribution in [-0.2, 0) is 0 Å². The number of rotatable bonds is 0. The molecule has 140 valence electrons. The summed E-state index contributed by atoms with van der Waals surface area (Å²) in [5.41, 5.74) is 0. The predicted molar refractivity (Wildman–Crippen MR) is 141 cm³/mol. The molecule has 0 unspecified atom stereocenters. The van der Waals surface area contributed by atoms with Gasteiger partial charge in [0, 0.05) is 33.3 Å². The highest BCUT2D eigenvalue weighted by Gasteiger charge is 1.41. The van der Waals surface area contributed by atoms with E-state index < -0.39 is 0 Å². The molecule has 0 rings (SSSR count). The summed E-state index contributed by atoms with van der Waals surface area (Å²) < 4.78 is 65.7. The van der Waals surface area contributed by atoms with Gasteiger partial charge in [-0.1, -0.05) is 52.0 Å². The number of hydrogen-bond acceptors (Lipinski definition) is 0. The smallest absolute Gasteiger partial charge is 0.107 e. The van der Waals surface area contributed by atoms with Gasteiger partial charge in [0.15, 0.2) is 0 Å². The van der Waals surface area contributed by atoms with E-state index in [0.717, 1.165) is 0 Å². The second-order valence-electron chi connectivity index (χ2n) is 1.04. The van der Waals surface area contributed by atoms with Crippen molar-refractivity contribution in [2.24, 2.45) is 0 Å². The third-order valence-electron chi connectivity index (χ3n) is 0.457. The van der Waals surface area contributed by atoms with Crippen LogP contribution in [0.5, 0.6) is 0 Å². The maximum Gasteiger partial charge on any atom is 0.107 e. The second-order valence-corrected chi connectivity index (χ2v) is 1.04. The van der Waals surface area contributed by atoms with Crippen molar-refractivity contribution < 1.29 is 17.8 Å². The van der Waals surface area contributed by atoms with E-state index in [2.05, 4.69) is 63.8 Å². The van der Waals surface area contributed by atoms with Crippen molar-refractivity contribution in [3.63, 3.8) is 0 Å². The van der Waals surface area contributed by atoms with Crippen LogP contribution in [0.25, 0.3) is 0 Å². The summed E-state index contributed by atoms with van der Waals surface area (Å²) in [5.74, 6) is 14.0. The molecule has 0 nitrogen and oxygen atoms in total. The lowest BCUT2D eigenvalue weighted by Crippen LogP contribution is -1.42. The quantitative estimate of drug-likeness (QED) is 0.210. The first kappa shape index (κ1) is 32.6. The van der Waals surface area contributed by atoms with Crippen LogP contribution >= 0.6 is 23.8 Å². The molecule has 22 heavy (non-hydrogen) atoms. The Morgan fingerprint density at radius 2 is 0.909 bits per heavy atom. The Labute approximate surface area is 185 Å². The van der Waals surface area contributed by atoms with Crippen LogP contribution in [0.1, 0.15) is 83.7 Å². The molecule has 0 atom stereocenters. The SMILES string of the molecule is C.C.C.C.C.C.C.C#C.C#CC#CC#C.CC#CC.[2H]I.[2H][2H].[2H][2H].[2H][2H].[2H][2H].[2H][2H].[2H][2H].[B][B]. The summed E-state index contributed by atoms with van der Waals surface area (Å²) in [6.07, 6.45) is 17.4. The molecule has 0 saturated carbocycles. The lowest BCUT2D eigenvalue weighted by Gasteiger charge is -1.43. The summed E-state index contributed by atoms with van der Waals surface area (Å²) in [4.78, 5) is 0. The van der Waals surface area contributed by atoms with E-state index in [0.29, 0.717) is 0 Å². The van der Waals surface area contributed by atoms with Crippen LogP contribution in [0.15, 0.2) is 0 Å². The molecular formula is C19H51B2I. The zero-order valence-electron chi connectivity index (χ0n) is 21.8. The van der Waals surface area contributed by atoms with Crippen molar-refractivity contribution in [3.8, 4) is 61.2 Å². The molecule has 3 heteroatoms. The second kappa shape index (κ2) is 315. The lowest BCUT2D eigenvalue weighted by molar-refractivity contribution is 1.83. The van der Waals surface area contributed by atoms with Gasteiger partial charge in [-0.25, -0.2) is 0 Å². The molecule has 0 aliphatic rings. The first-order chi connectivity index (χ1) is 13.8. The Kier molecular flexibility index (Phi) is 467. The highest BCUT2D eigenvalue weighted by Crippen LogP contribution is 1.43. The topological polar surface area (TPSA) is 0 Å². The molecule has 0 aliphatic carbocycles. The van der Waals surface area contributed by atoms with Gasteiger partial charge in [-0.15, -0.1) is 61.3 Å². The van der Waals surface area contributed by atoms with Crippen LogP contribution in [-0.4, -0.2) is 16.1 Å². The molecule has 0 aliphatic heterocycles. The van der Waals surface area contributed by atoms with E-state index in [-0.39, 0.29) is 52.0 Å². The van der Waals surface area contributed by atoms with Gasteiger partial charge in [0.25, 0.3) is 0 Å². The fourth-order valence-corrected chi connectivity index (χ4v) is 0.0722. The highest BCUT2D eigenvalue weighted by atomic mass is 127. The minimum atomic E-state index is 0. The molecule has 0 saturated heterocycles. The predicted octanol–water partition coefficient (Wildman–Crippen LogP) is 7.32. The van der Waals surface area contributed by atoms with Crippen LogP contribution in [0.4, 0.5) is 0 Å². The highest BCUT2D eigenvalue weighted by molar-refractivity contribution is 14.0. The summed E-state index contributed by atoms with van der Waals surface area (Å²) in [7, 11) is 8.00. The van der Waals surface area contributed by atoms with Crippen molar-refractivity contribution in [3.05, 3.63) is 0 Å². The first-order valence-electron chi connectivity index (χ1n) is 9.62. The zero-order valence-corrected chi connectivity index (χ0v) is 11.0. The molecule has 0 fully saturated rings. The van der Waals surface area contributed by atoms with Gasteiger partial charge in [0.2, 0.25) is 0 Å². The standard InChI is InChI=1S/C6H2.C4H6.C2H2.7CH4.B2.HI.6H2/c1-3-5-6-4-2;1-3-4-2;1-2;;;;;;;;1-2;;;;;;;/h1-2H;1-2H3;1-2H;7*1H4;;7*1H/i;;;;;;;;;;;;6*1+1D/hD. The molecule has 4 radical (unpaired) electrons. The van der Waals surface area contributed by atoms with Gasteiger partial charge in [-0.05, 0) is 37.5 Å². The maximum absolute atomic E-state index is 5.72. The third kappa shape index (κ3) is 823. The van der Waals surface area contributed by atoms with Crippen molar-refractivity contribution in [1.29, 1.82) is 0.594 Å². The molecule has 0 amide bonds. The molecular weight excluding hydrogens is 377 g/mol. The normalized spacial score (nSPS) is 4.23. The Bertz CT molecular complexity index is 305. The number of halogens is 1. The minimum absolute atomic E-state index is 0. The van der Waals surface area contributed by atoms with E-state index in [1.807, 2.05) is 13.8 Å². The largest absolute Gasteiger partial charge is 0.124 e. The summed E-state index contributed by atoms with van der Waals surface area (Å²) in [5, 5.41) is 0. The third-order valence-corrected chi connectivity index (χ3v) is 0.457. The van der Waals surface area contributed by atoms with Gasteiger partial charge in [-0.2, -0.15) is 0 Å². The number of terminal acetylenes is 3. The summed E-state index contributed by atoms with van der Waals surface area (Å²) in [6, 6.07) is 0. The molecule has 0 aromatic rings. The van der Waals surface area contributed by atoms with Gasteiger partial charge in [-0.3, -0.25) is 0 Å². The van der Waals surface area contributed by atoms with Gasteiger partial charge < -0.3 is 0 Å². The Morgan fingerprint density at radius 1 is 0.773 bits per heavy atom. The van der Waals surface area contributed by atoms with E-state index in [1.165, 1.54) is 23.8 Å². The number of hydrogen-bond donors (Lipinski definition) is 0. The van der Waals surface area contributed by atoms with Gasteiger partial charge in [0.05, 0.1) is 0 Å². The maximum atomic E-state index is 5.72. The van der Waals surface area contributed by atoms with Crippen molar-refractivity contribution in [2.75, 3.05) is 0 Å². The van der Waals surface area contributed by atoms with E-state index >= 15 is 0 Å². The van der Waals surface area contributed by atoms with Gasteiger partial charge >= 0.3 is 0 Å². The van der Waals surface area contributed by atoms with Crippen LogP contribution in [0.2, 0.25) is 0 Å². The zero-order chi connectivity index (χ0) is 26.2. The minimum Gasteiger partial charge on any atom is -0.124 e. The molecule has 0 spiro atoms. The molecule has 0 aromatic heterocycles.